The van der Waals surface area contributed by atoms with Crippen LogP contribution in [0.2, 0.25) is 0 Å². The Morgan fingerprint density at radius 1 is 1.21 bits per heavy atom. The lowest BCUT2D eigenvalue weighted by atomic mass is 9.97. The van der Waals surface area contributed by atoms with Crippen molar-refractivity contribution in [2.24, 2.45) is 0 Å². The minimum atomic E-state index is -0.409. The Kier molecular flexibility index (Phi) is 5.13. The minimum absolute atomic E-state index is 0.0257. The topological polar surface area (TPSA) is 67.7 Å². The van der Waals surface area contributed by atoms with Gasteiger partial charge in [0.15, 0.2) is 0 Å². The van der Waals surface area contributed by atoms with Crippen molar-refractivity contribution in [3.63, 3.8) is 0 Å². The van der Waals surface area contributed by atoms with Crippen LogP contribution in [0.4, 0.5) is 4.79 Å². The van der Waals surface area contributed by atoms with Gasteiger partial charge in [0, 0.05) is 33.7 Å². The zero-order chi connectivity index (χ0) is 17.9. The van der Waals surface area contributed by atoms with Crippen LogP contribution in [0.1, 0.15) is 25.0 Å². The van der Waals surface area contributed by atoms with Gasteiger partial charge in [-0.25, -0.2) is 4.79 Å². The Labute approximate surface area is 143 Å². The molecule has 1 fully saturated rings. The van der Waals surface area contributed by atoms with Crippen molar-refractivity contribution >= 4 is 11.9 Å². The van der Waals surface area contributed by atoms with E-state index in [1.807, 2.05) is 30.9 Å². The maximum absolute atomic E-state index is 12.7. The summed E-state index contributed by atoms with van der Waals surface area (Å²) in [6, 6.07) is 9.12. The largest absolute Gasteiger partial charge is 0.334 e. The first-order valence-corrected chi connectivity index (χ1v) is 8.00. The van der Waals surface area contributed by atoms with Gasteiger partial charge in [-0.15, -0.1) is 0 Å². The molecule has 0 N–H and O–H groups in total. The van der Waals surface area contributed by atoms with Gasteiger partial charge in [0.05, 0.1) is 23.6 Å². The lowest BCUT2D eigenvalue weighted by molar-refractivity contribution is -0.139. The molecular weight excluding hydrogens is 304 g/mol. The van der Waals surface area contributed by atoms with Crippen molar-refractivity contribution < 1.29 is 9.59 Å². The summed E-state index contributed by atoms with van der Waals surface area (Å²) < 4.78 is 0. The van der Waals surface area contributed by atoms with Crippen LogP contribution in [0, 0.1) is 11.3 Å². The fourth-order valence-corrected chi connectivity index (χ4v) is 3.03. The Balaban J connectivity index is 2.04. The summed E-state index contributed by atoms with van der Waals surface area (Å²) in [5, 5.41) is 8.83. The molecule has 0 saturated carbocycles. The molecule has 1 aliphatic heterocycles. The summed E-state index contributed by atoms with van der Waals surface area (Å²) in [6.07, 6.45) is 0.302. The van der Waals surface area contributed by atoms with Gasteiger partial charge >= 0.3 is 6.03 Å². The third kappa shape index (κ3) is 3.85. The molecule has 24 heavy (non-hydrogen) atoms. The molecule has 6 heteroatoms. The van der Waals surface area contributed by atoms with E-state index in [1.54, 1.807) is 36.0 Å². The number of amides is 3. The molecular formula is C18H24N4O2. The van der Waals surface area contributed by atoms with Crippen molar-refractivity contribution in [2.75, 3.05) is 33.7 Å². The van der Waals surface area contributed by atoms with Gasteiger partial charge in [0.2, 0.25) is 5.91 Å². The molecule has 1 aromatic rings. The Hall–Kier alpha value is -2.55. The number of hydrogen-bond acceptors (Lipinski definition) is 3. The predicted octanol–water partition coefficient (Wildman–Crippen LogP) is 1.71. The number of hydrogen-bond donors (Lipinski definition) is 0. The monoisotopic (exact) mass is 328 g/mol. The average molecular weight is 328 g/mol. The molecule has 3 amide bonds. The van der Waals surface area contributed by atoms with Gasteiger partial charge in [-0.1, -0.05) is 12.1 Å². The number of nitriles is 1. The summed E-state index contributed by atoms with van der Waals surface area (Å²) in [5.41, 5.74) is 1.07. The molecule has 6 nitrogen and oxygen atoms in total. The second kappa shape index (κ2) is 6.91. The molecule has 0 unspecified atom stereocenters. The van der Waals surface area contributed by atoms with Gasteiger partial charge < -0.3 is 14.7 Å². The Morgan fingerprint density at radius 2 is 1.83 bits per heavy atom. The van der Waals surface area contributed by atoms with E-state index in [0.29, 0.717) is 31.6 Å². The van der Waals surface area contributed by atoms with Gasteiger partial charge in [-0.2, -0.15) is 5.26 Å². The molecule has 1 saturated heterocycles. The highest BCUT2D eigenvalue weighted by molar-refractivity contribution is 5.80. The van der Waals surface area contributed by atoms with Crippen LogP contribution in [0.3, 0.4) is 0 Å². The summed E-state index contributed by atoms with van der Waals surface area (Å²) in [5.74, 6) is 0.0432. The van der Waals surface area contributed by atoms with E-state index in [2.05, 4.69) is 6.07 Å². The Bertz CT molecular complexity index is 659. The van der Waals surface area contributed by atoms with Crippen LogP contribution in [-0.2, 0) is 11.2 Å². The van der Waals surface area contributed by atoms with Crippen LogP contribution in [0.25, 0.3) is 0 Å². The van der Waals surface area contributed by atoms with Gasteiger partial charge in [-0.05, 0) is 31.5 Å². The lowest BCUT2D eigenvalue weighted by Crippen LogP contribution is -2.63. The third-order valence-corrected chi connectivity index (χ3v) is 4.29. The number of nitrogens with zero attached hydrogens (tertiary/aromatic N) is 4. The standard InChI is InChI=1S/C18H24N4O2/c1-18(2)13-21(17(24)20(3)4)9-10-22(18)16(23)11-14-5-7-15(12-19)8-6-14/h5-8H,9-11,13H2,1-4H3. The maximum atomic E-state index is 12.7. The van der Waals surface area contributed by atoms with Crippen LogP contribution in [-0.4, -0.2) is 65.9 Å². The van der Waals surface area contributed by atoms with Crippen LogP contribution in [0.15, 0.2) is 24.3 Å². The summed E-state index contributed by atoms with van der Waals surface area (Å²) >= 11 is 0. The molecule has 0 aliphatic carbocycles. The smallest absolute Gasteiger partial charge is 0.319 e. The Morgan fingerprint density at radius 3 is 2.33 bits per heavy atom. The van der Waals surface area contributed by atoms with Crippen LogP contribution >= 0.6 is 0 Å². The number of urea groups is 1. The molecule has 0 aromatic heterocycles. The molecule has 1 aromatic carbocycles. The summed E-state index contributed by atoms with van der Waals surface area (Å²) in [4.78, 5) is 30.0. The first-order chi connectivity index (χ1) is 11.2. The van der Waals surface area contributed by atoms with Crippen molar-refractivity contribution in [1.29, 1.82) is 5.26 Å². The molecule has 0 radical (unpaired) electrons. The number of carbonyl (C=O) groups excluding carboxylic acids is 2. The number of rotatable bonds is 2. The SMILES string of the molecule is CN(C)C(=O)N1CCN(C(=O)Cc2ccc(C#N)cc2)C(C)(C)C1. The van der Waals surface area contributed by atoms with Crippen molar-refractivity contribution in [3.8, 4) is 6.07 Å². The van der Waals surface area contributed by atoms with Crippen molar-refractivity contribution in [1.82, 2.24) is 14.7 Å². The second-order valence-electron chi connectivity index (χ2n) is 6.94. The highest BCUT2D eigenvalue weighted by Crippen LogP contribution is 2.23. The highest BCUT2D eigenvalue weighted by Gasteiger charge is 2.38. The first-order valence-electron chi connectivity index (χ1n) is 8.00. The van der Waals surface area contributed by atoms with E-state index in [4.69, 9.17) is 5.26 Å². The highest BCUT2D eigenvalue weighted by atomic mass is 16.2. The van der Waals surface area contributed by atoms with E-state index < -0.39 is 5.54 Å². The lowest BCUT2D eigenvalue weighted by Gasteiger charge is -2.47. The average Bonchev–Trinajstić information content (AvgIpc) is 2.53. The van der Waals surface area contributed by atoms with E-state index in [0.717, 1.165) is 5.56 Å². The van der Waals surface area contributed by atoms with E-state index in [-0.39, 0.29) is 11.9 Å². The van der Waals surface area contributed by atoms with E-state index in [9.17, 15) is 9.59 Å². The molecule has 1 aliphatic rings. The van der Waals surface area contributed by atoms with E-state index in [1.165, 1.54) is 0 Å². The number of benzene rings is 1. The first kappa shape index (κ1) is 17.8. The van der Waals surface area contributed by atoms with Crippen molar-refractivity contribution in [3.05, 3.63) is 35.4 Å². The van der Waals surface area contributed by atoms with Gasteiger partial charge in [-0.3, -0.25) is 4.79 Å². The van der Waals surface area contributed by atoms with Gasteiger partial charge in [0.1, 0.15) is 0 Å². The van der Waals surface area contributed by atoms with Crippen molar-refractivity contribution in [2.45, 2.75) is 25.8 Å². The maximum Gasteiger partial charge on any atom is 0.319 e. The number of piperazine rings is 1. The normalized spacial score (nSPS) is 16.5. The second-order valence-corrected chi connectivity index (χ2v) is 6.94. The van der Waals surface area contributed by atoms with Crippen LogP contribution < -0.4 is 0 Å². The number of carbonyl (C=O) groups is 2. The molecule has 2 rings (SSSR count). The van der Waals surface area contributed by atoms with Crippen LogP contribution in [0.5, 0.6) is 0 Å². The van der Waals surface area contributed by atoms with Gasteiger partial charge in [0.25, 0.3) is 0 Å². The molecule has 1 heterocycles. The third-order valence-electron chi connectivity index (χ3n) is 4.29. The molecule has 0 bridgehead atoms. The molecule has 128 valence electrons. The molecule has 0 atom stereocenters. The minimum Gasteiger partial charge on any atom is -0.334 e. The summed E-state index contributed by atoms with van der Waals surface area (Å²) in [6.45, 7) is 5.56. The summed E-state index contributed by atoms with van der Waals surface area (Å²) in [7, 11) is 3.47. The zero-order valence-corrected chi connectivity index (χ0v) is 14.7. The quantitative estimate of drug-likeness (QED) is 0.830. The fourth-order valence-electron chi connectivity index (χ4n) is 3.03. The zero-order valence-electron chi connectivity index (χ0n) is 14.7. The molecule has 0 spiro atoms. The predicted molar refractivity (Wildman–Crippen MR) is 91.3 cm³/mol. The fraction of sp³-hybridized carbons (Fsp3) is 0.500. The van der Waals surface area contributed by atoms with E-state index >= 15 is 0 Å².